The summed E-state index contributed by atoms with van der Waals surface area (Å²) < 4.78 is 0. The number of nitrogens with zero attached hydrogens (tertiary/aromatic N) is 1. The van der Waals surface area contributed by atoms with Crippen molar-refractivity contribution in [3.8, 4) is 0 Å². The molecule has 0 radical (unpaired) electrons. The SMILES string of the molecule is CC1=CSCN=CN1. The van der Waals surface area contributed by atoms with Gasteiger partial charge in [0.2, 0.25) is 0 Å². The van der Waals surface area contributed by atoms with E-state index in [0.717, 1.165) is 11.6 Å². The molecule has 1 aliphatic rings. The molecule has 0 saturated carbocycles. The second-order valence-corrected chi connectivity index (χ2v) is 2.38. The highest BCUT2D eigenvalue weighted by Crippen LogP contribution is 2.06. The molecule has 0 unspecified atom stereocenters. The lowest BCUT2D eigenvalue weighted by Crippen LogP contribution is -2.05. The zero-order valence-electron chi connectivity index (χ0n) is 4.72. The Hall–Kier alpha value is -0.440. The van der Waals surface area contributed by atoms with Gasteiger partial charge in [-0.25, -0.2) is 0 Å². The summed E-state index contributed by atoms with van der Waals surface area (Å²) in [6.45, 7) is 2.02. The molecule has 0 aromatic carbocycles. The third-order valence-electron chi connectivity index (χ3n) is 0.793. The van der Waals surface area contributed by atoms with Crippen molar-refractivity contribution in [1.82, 2.24) is 5.32 Å². The second kappa shape index (κ2) is 2.77. The van der Waals surface area contributed by atoms with Crippen LogP contribution in [0.5, 0.6) is 0 Å². The van der Waals surface area contributed by atoms with Crippen molar-refractivity contribution in [2.24, 2.45) is 4.99 Å². The molecule has 44 valence electrons. The van der Waals surface area contributed by atoms with Crippen molar-refractivity contribution in [1.29, 1.82) is 0 Å². The first-order valence-corrected chi connectivity index (χ1v) is 3.47. The van der Waals surface area contributed by atoms with Crippen molar-refractivity contribution < 1.29 is 0 Å². The maximum Gasteiger partial charge on any atom is 0.0902 e. The summed E-state index contributed by atoms with van der Waals surface area (Å²) in [5.74, 6) is 0.838. The molecule has 1 heterocycles. The zero-order chi connectivity index (χ0) is 5.82. The number of rotatable bonds is 0. The summed E-state index contributed by atoms with van der Waals surface area (Å²) >= 11 is 1.70. The van der Waals surface area contributed by atoms with Gasteiger partial charge in [0.15, 0.2) is 0 Å². The largest absolute Gasteiger partial charge is 0.350 e. The zero-order valence-corrected chi connectivity index (χ0v) is 5.53. The average molecular weight is 128 g/mol. The molecule has 0 atom stereocenters. The van der Waals surface area contributed by atoms with Crippen molar-refractivity contribution in [3.63, 3.8) is 0 Å². The van der Waals surface area contributed by atoms with Crippen LogP contribution < -0.4 is 5.32 Å². The molecule has 2 nitrogen and oxygen atoms in total. The number of aliphatic imine (C=N–C) groups is 1. The molecule has 0 bridgehead atoms. The summed E-state index contributed by atoms with van der Waals surface area (Å²) in [4.78, 5) is 4.00. The standard InChI is InChI=1S/C5H8N2S/c1-5-2-8-4-6-3-7-5/h2-3H,4H2,1H3,(H,6,7). The highest BCUT2D eigenvalue weighted by molar-refractivity contribution is 8.02. The van der Waals surface area contributed by atoms with Crippen LogP contribution >= 0.6 is 11.8 Å². The maximum absolute atomic E-state index is 4.00. The predicted molar refractivity (Wildman–Crippen MR) is 37.8 cm³/mol. The molecule has 0 amide bonds. The fourth-order valence-electron chi connectivity index (χ4n) is 0.424. The normalized spacial score (nSPS) is 18.9. The highest BCUT2D eigenvalue weighted by atomic mass is 32.2. The number of nitrogens with one attached hydrogen (secondary N) is 1. The molecule has 0 aromatic rings. The Kier molecular flexibility index (Phi) is 1.97. The maximum atomic E-state index is 4.00. The summed E-state index contributed by atoms with van der Waals surface area (Å²) in [6, 6.07) is 0. The van der Waals surface area contributed by atoms with E-state index in [9.17, 15) is 0 Å². The molecule has 0 fully saturated rings. The molecule has 1 rings (SSSR count). The Morgan fingerprint density at radius 3 is 3.62 bits per heavy atom. The summed E-state index contributed by atoms with van der Waals surface area (Å²) in [6.07, 6.45) is 1.73. The van der Waals surface area contributed by atoms with E-state index < -0.39 is 0 Å². The molecular weight excluding hydrogens is 120 g/mol. The minimum absolute atomic E-state index is 0.838. The van der Waals surface area contributed by atoms with E-state index in [2.05, 4.69) is 15.7 Å². The number of allylic oxidation sites excluding steroid dienone is 1. The minimum atomic E-state index is 0.838. The third-order valence-corrected chi connectivity index (χ3v) is 1.61. The van der Waals surface area contributed by atoms with Gasteiger partial charge in [0.05, 0.1) is 12.2 Å². The van der Waals surface area contributed by atoms with Gasteiger partial charge in [-0.05, 0) is 12.3 Å². The average Bonchev–Trinajstić information content (AvgIpc) is 1.94. The molecule has 3 heteroatoms. The van der Waals surface area contributed by atoms with Crippen molar-refractivity contribution >= 4 is 18.1 Å². The van der Waals surface area contributed by atoms with Crippen molar-refractivity contribution in [2.75, 3.05) is 5.88 Å². The van der Waals surface area contributed by atoms with Gasteiger partial charge in [-0.1, -0.05) is 0 Å². The van der Waals surface area contributed by atoms with E-state index in [4.69, 9.17) is 0 Å². The van der Waals surface area contributed by atoms with Gasteiger partial charge in [-0.3, -0.25) is 4.99 Å². The van der Waals surface area contributed by atoms with Gasteiger partial charge in [0.1, 0.15) is 0 Å². The summed E-state index contributed by atoms with van der Waals surface area (Å²) in [5, 5.41) is 5.06. The van der Waals surface area contributed by atoms with Gasteiger partial charge in [0.25, 0.3) is 0 Å². The fourth-order valence-corrected chi connectivity index (χ4v) is 0.977. The Balaban J connectivity index is 2.51. The van der Waals surface area contributed by atoms with Crippen LogP contribution in [0.4, 0.5) is 0 Å². The van der Waals surface area contributed by atoms with E-state index in [-0.39, 0.29) is 0 Å². The lowest BCUT2D eigenvalue weighted by molar-refractivity contribution is 1.15. The monoisotopic (exact) mass is 128 g/mol. The van der Waals surface area contributed by atoms with Crippen LogP contribution in [0.3, 0.4) is 0 Å². The van der Waals surface area contributed by atoms with Crippen LogP contribution in [0.1, 0.15) is 6.92 Å². The quantitative estimate of drug-likeness (QED) is 0.529. The summed E-state index contributed by atoms with van der Waals surface area (Å²) in [5.41, 5.74) is 1.16. The van der Waals surface area contributed by atoms with Gasteiger partial charge in [0, 0.05) is 5.70 Å². The lowest BCUT2D eigenvalue weighted by atomic mass is 10.6. The third kappa shape index (κ3) is 1.58. The molecule has 8 heavy (non-hydrogen) atoms. The number of thioether (sulfide) groups is 1. The van der Waals surface area contributed by atoms with E-state index in [1.54, 1.807) is 18.1 Å². The topological polar surface area (TPSA) is 24.4 Å². The van der Waals surface area contributed by atoms with Crippen LogP contribution in [-0.4, -0.2) is 12.2 Å². The first-order chi connectivity index (χ1) is 3.89. The predicted octanol–water partition coefficient (Wildman–Crippen LogP) is 1.17. The highest BCUT2D eigenvalue weighted by Gasteiger charge is 1.87. The van der Waals surface area contributed by atoms with Gasteiger partial charge in [-0.15, -0.1) is 11.8 Å². The first kappa shape index (κ1) is 5.69. The Labute approximate surface area is 53.1 Å². The molecule has 0 aromatic heterocycles. The number of hydrogen-bond donors (Lipinski definition) is 1. The van der Waals surface area contributed by atoms with Gasteiger partial charge >= 0.3 is 0 Å². The molecule has 0 saturated heterocycles. The van der Waals surface area contributed by atoms with Crippen LogP contribution in [0, 0.1) is 0 Å². The number of hydrogen-bond acceptors (Lipinski definition) is 3. The lowest BCUT2D eigenvalue weighted by Gasteiger charge is -1.91. The van der Waals surface area contributed by atoms with E-state index >= 15 is 0 Å². The summed E-state index contributed by atoms with van der Waals surface area (Å²) in [7, 11) is 0. The smallest absolute Gasteiger partial charge is 0.0902 e. The second-order valence-electron chi connectivity index (χ2n) is 1.55. The van der Waals surface area contributed by atoms with E-state index in [0.29, 0.717) is 0 Å². The van der Waals surface area contributed by atoms with Crippen molar-refractivity contribution in [3.05, 3.63) is 11.1 Å². The first-order valence-electron chi connectivity index (χ1n) is 2.43. The van der Waals surface area contributed by atoms with Crippen LogP contribution in [-0.2, 0) is 0 Å². The fraction of sp³-hybridized carbons (Fsp3) is 0.400. The minimum Gasteiger partial charge on any atom is -0.350 e. The van der Waals surface area contributed by atoms with Gasteiger partial charge < -0.3 is 5.32 Å². The van der Waals surface area contributed by atoms with Crippen LogP contribution in [0.2, 0.25) is 0 Å². The molecule has 0 spiro atoms. The molecular formula is C5H8N2S. The molecule has 1 N–H and O–H groups in total. The Morgan fingerprint density at radius 1 is 1.88 bits per heavy atom. The Morgan fingerprint density at radius 2 is 2.75 bits per heavy atom. The molecule has 0 aliphatic carbocycles. The Bertz CT molecular complexity index is 128. The van der Waals surface area contributed by atoms with E-state index in [1.807, 2.05) is 6.92 Å². The molecule has 1 aliphatic heterocycles. The van der Waals surface area contributed by atoms with Gasteiger partial charge in [-0.2, -0.15) is 0 Å². The van der Waals surface area contributed by atoms with Crippen LogP contribution in [0.15, 0.2) is 16.1 Å². The van der Waals surface area contributed by atoms with E-state index in [1.165, 1.54) is 0 Å². The van der Waals surface area contributed by atoms with Crippen molar-refractivity contribution in [2.45, 2.75) is 6.92 Å². The van der Waals surface area contributed by atoms with Crippen LogP contribution in [0.25, 0.3) is 0 Å².